The summed E-state index contributed by atoms with van der Waals surface area (Å²) >= 11 is 0. The Kier molecular flexibility index (Phi) is 61.0. The second-order valence-corrected chi connectivity index (χ2v) is 22.4. The molecule has 0 rings (SSSR count). The van der Waals surface area contributed by atoms with Gasteiger partial charge in [-0.15, -0.1) is 0 Å². The molecule has 430 valence electrons. The summed E-state index contributed by atoms with van der Waals surface area (Å²) in [4.78, 5) is 24.6. The number of hydrogen-bond donors (Lipinski definition) is 3. The highest BCUT2D eigenvalue weighted by Crippen LogP contribution is 2.17. The van der Waals surface area contributed by atoms with E-state index in [2.05, 4.69) is 43.5 Å². The molecule has 0 aromatic heterocycles. The molecule has 0 fully saturated rings. The van der Waals surface area contributed by atoms with Crippen LogP contribution in [0, 0.1) is 0 Å². The molecule has 0 heterocycles. The minimum atomic E-state index is -0.851. The monoisotopic (exact) mass is 1030 g/mol. The Balaban J connectivity index is 3.46. The lowest BCUT2D eigenvalue weighted by atomic mass is 10.0. The van der Waals surface area contributed by atoms with E-state index in [1.165, 1.54) is 276 Å². The quantitative estimate of drug-likeness (QED) is 0.0320. The summed E-state index contributed by atoms with van der Waals surface area (Å²) in [5.74, 6) is -0.0737. The first-order valence-electron chi connectivity index (χ1n) is 32.8. The van der Waals surface area contributed by atoms with Crippen LogP contribution < -0.4 is 5.32 Å². The summed E-state index contributed by atoms with van der Waals surface area (Å²) in [7, 11) is 0. The number of carbonyl (C=O) groups is 2. The molecule has 0 spiro atoms. The fourth-order valence-electron chi connectivity index (χ4n) is 10.1. The Hall–Kier alpha value is -1.92. The van der Waals surface area contributed by atoms with Crippen LogP contribution in [-0.2, 0) is 14.3 Å². The van der Waals surface area contributed by atoms with Gasteiger partial charge in [0.05, 0.1) is 25.4 Å². The molecule has 0 aliphatic carbocycles. The van der Waals surface area contributed by atoms with Crippen LogP contribution in [-0.4, -0.2) is 47.4 Å². The van der Waals surface area contributed by atoms with Crippen molar-refractivity contribution in [3.63, 3.8) is 0 Å². The number of hydrogen-bond acceptors (Lipinski definition) is 5. The van der Waals surface area contributed by atoms with E-state index < -0.39 is 12.1 Å². The minimum absolute atomic E-state index is 0.000678. The minimum Gasteiger partial charge on any atom is -0.466 e. The third kappa shape index (κ3) is 59.2. The molecule has 0 aromatic carbocycles. The molecule has 2 unspecified atom stereocenters. The van der Waals surface area contributed by atoms with E-state index in [1.54, 1.807) is 6.08 Å². The summed E-state index contributed by atoms with van der Waals surface area (Å²) in [6.07, 6.45) is 79.1. The van der Waals surface area contributed by atoms with E-state index in [0.29, 0.717) is 19.4 Å². The van der Waals surface area contributed by atoms with E-state index in [0.717, 1.165) is 51.4 Å². The number of nitrogens with one attached hydrogen (secondary N) is 1. The highest BCUT2D eigenvalue weighted by molar-refractivity contribution is 5.76. The topological polar surface area (TPSA) is 95.9 Å². The van der Waals surface area contributed by atoms with Crippen molar-refractivity contribution in [3.8, 4) is 0 Å². The maximum absolute atomic E-state index is 12.5. The first-order chi connectivity index (χ1) is 36.0. The number of rotatable bonds is 61. The Morgan fingerprint density at radius 1 is 0.370 bits per heavy atom. The van der Waals surface area contributed by atoms with Crippen LogP contribution in [0.3, 0.4) is 0 Å². The summed E-state index contributed by atoms with van der Waals surface area (Å²) in [5.41, 5.74) is 0. The maximum Gasteiger partial charge on any atom is 0.305 e. The van der Waals surface area contributed by atoms with Crippen LogP contribution in [0.1, 0.15) is 354 Å². The predicted molar refractivity (Wildman–Crippen MR) is 319 cm³/mol. The Bertz CT molecular complexity index is 1180. The molecule has 0 saturated heterocycles. The van der Waals surface area contributed by atoms with Crippen molar-refractivity contribution >= 4 is 11.9 Å². The van der Waals surface area contributed by atoms with E-state index in [9.17, 15) is 19.8 Å². The molecule has 1 amide bonds. The molecule has 0 bridgehead atoms. The molecule has 0 aromatic rings. The Morgan fingerprint density at radius 3 is 0.973 bits per heavy atom. The van der Waals surface area contributed by atoms with Gasteiger partial charge in [-0.2, -0.15) is 0 Å². The molecule has 0 radical (unpaired) electrons. The average Bonchev–Trinajstić information content (AvgIpc) is 3.39. The second-order valence-electron chi connectivity index (χ2n) is 22.4. The molecule has 0 aliphatic heterocycles. The maximum atomic E-state index is 12.5. The highest BCUT2D eigenvalue weighted by Gasteiger charge is 2.18. The molecule has 6 nitrogen and oxygen atoms in total. The highest BCUT2D eigenvalue weighted by atomic mass is 16.5. The van der Waals surface area contributed by atoms with E-state index in [4.69, 9.17) is 4.74 Å². The molecule has 73 heavy (non-hydrogen) atoms. The van der Waals surface area contributed by atoms with E-state index in [-0.39, 0.29) is 18.5 Å². The average molecular weight is 1030 g/mol. The summed E-state index contributed by atoms with van der Waals surface area (Å²) in [6.45, 7) is 4.91. The third-order valence-electron chi connectivity index (χ3n) is 15.1. The molecule has 0 aliphatic rings. The number of esters is 1. The summed E-state index contributed by atoms with van der Waals surface area (Å²) in [5, 5.41) is 23.2. The van der Waals surface area contributed by atoms with Crippen LogP contribution in [0.25, 0.3) is 0 Å². The standard InChI is InChI=1S/C67H127NO5/c1-3-5-7-9-11-13-15-17-19-20-21-23-26-29-32-35-39-43-47-51-55-59-65(70)64(63-69)68-66(71)60-56-52-48-44-40-36-33-30-27-24-22-25-28-31-34-38-42-46-50-54-58-62-73-67(72)61-57-53-49-45-41-37-18-16-14-12-10-8-6-4-2/h16,18,24,27,55,59,64-65,69-70H,3-15,17,19-23,25-26,28-54,56-58,60-63H2,1-2H3,(H,68,71)/b18-16-,27-24-,59-55+. The Labute approximate surface area is 455 Å². The lowest BCUT2D eigenvalue weighted by Gasteiger charge is -2.20. The van der Waals surface area contributed by atoms with Gasteiger partial charge in [0, 0.05) is 12.8 Å². The summed E-state index contributed by atoms with van der Waals surface area (Å²) in [6, 6.07) is -0.635. The number of unbranched alkanes of at least 4 members (excludes halogenated alkanes) is 46. The van der Waals surface area contributed by atoms with Crippen LogP contribution in [0.2, 0.25) is 0 Å². The fourth-order valence-corrected chi connectivity index (χ4v) is 10.1. The first kappa shape index (κ1) is 71.1. The molecule has 3 N–H and O–H groups in total. The van der Waals surface area contributed by atoms with Crippen LogP contribution in [0.5, 0.6) is 0 Å². The first-order valence-corrected chi connectivity index (χ1v) is 32.8. The van der Waals surface area contributed by atoms with Gasteiger partial charge in [-0.1, -0.05) is 294 Å². The fraction of sp³-hybridized carbons (Fsp3) is 0.881. The summed E-state index contributed by atoms with van der Waals surface area (Å²) < 4.78 is 5.48. The smallest absolute Gasteiger partial charge is 0.305 e. The second kappa shape index (κ2) is 62.6. The van der Waals surface area contributed by atoms with Gasteiger partial charge < -0.3 is 20.3 Å². The van der Waals surface area contributed by atoms with Crippen molar-refractivity contribution in [2.45, 2.75) is 366 Å². The zero-order chi connectivity index (χ0) is 52.9. The Morgan fingerprint density at radius 2 is 0.644 bits per heavy atom. The van der Waals surface area contributed by atoms with Gasteiger partial charge in [0.1, 0.15) is 0 Å². The molecular weight excluding hydrogens is 899 g/mol. The van der Waals surface area contributed by atoms with Gasteiger partial charge in [-0.05, 0) is 83.5 Å². The van der Waals surface area contributed by atoms with Crippen molar-refractivity contribution in [1.29, 1.82) is 0 Å². The van der Waals surface area contributed by atoms with Crippen LogP contribution >= 0.6 is 0 Å². The largest absolute Gasteiger partial charge is 0.466 e. The van der Waals surface area contributed by atoms with Gasteiger partial charge in [0.25, 0.3) is 0 Å². The predicted octanol–water partition coefficient (Wildman–Crippen LogP) is 20.8. The van der Waals surface area contributed by atoms with Crippen molar-refractivity contribution in [1.82, 2.24) is 5.32 Å². The van der Waals surface area contributed by atoms with Crippen molar-refractivity contribution in [2.24, 2.45) is 0 Å². The zero-order valence-electron chi connectivity index (χ0n) is 49.1. The van der Waals surface area contributed by atoms with Crippen molar-refractivity contribution in [2.75, 3.05) is 13.2 Å². The third-order valence-corrected chi connectivity index (χ3v) is 15.1. The number of aliphatic hydroxyl groups excluding tert-OH is 2. The number of allylic oxidation sites excluding steroid dienone is 5. The van der Waals surface area contributed by atoms with E-state index in [1.807, 2.05) is 6.08 Å². The number of aliphatic hydroxyl groups is 2. The van der Waals surface area contributed by atoms with Gasteiger partial charge in [0.2, 0.25) is 5.91 Å². The SMILES string of the molecule is CCCCCCC/C=C\CCCCCCCC(=O)OCCCCCCCCCCCC/C=C\CCCCCCCCCC(=O)NC(CO)C(O)/C=C/CCCCCCCCCCCCCCCCCCCCC. The molecule has 0 saturated carbocycles. The van der Waals surface area contributed by atoms with Gasteiger partial charge >= 0.3 is 5.97 Å². The molecule has 6 heteroatoms. The van der Waals surface area contributed by atoms with Crippen LogP contribution in [0.15, 0.2) is 36.5 Å². The van der Waals surface area contributed by atoms with Gasteiger partial charge in [-0.25, -0.2) is 0 Å². The van der Waals surface area contributed by atoms with E-state index >= 15 is 0 Å². The lowest BCUT2D eigenvalue weighted by molar-refractivity contribution is -0.143. The lowest BCUT2D eigenvalue weighted by Crippen LogP contribution is -2.45. The number of amides is 1. The van der Waals surface area contributed by atoms with Crippen LogP contribution in [0.4, 0.5) is 0 Å². The van der Waals surface area contributed by atoms with Gasteiger partial charge in [-0.3, -0.25) is 9.59 Å². The number of ether oxygens (including phenoxy) is 1. The van der Waals surface area contributed by atoms with Crippen molar-refractivity contribution < 1.29 is 24.5 Å². The zero-order valence-corrected chi connectivity index (χ0v) is 49.1. The molecule has 2 atom stereocenters. The van der Waals surface area contributed by atoms with Gasteiger partial charge in [0.15, 0.2) is 0 Å². The van der Waals surface area contributed by atoms with Crippen molar-refractivity contribution in [3.05, 3.63) is 36.5 Å². The normalized spacial score (nSPS) is 12.8. The number of carbonyl (C=O) groups excluding carboxylic acids is 2. The molecular formula is C67H127NO5.